The van der Waals surface area contributed by atoms with Gasteiger partial charge in [0.15, 0.2) is 0 Å². The lowest BCUT2D eigenvalue weighted by Crippen LogP contribution is -2.59. The van der Waals surface area contributed by atoms with Crippen molar-refractivity contribution in [3.05, 3.63) is 34.0 Å². The van der Waals surface area contributed by atoms with Crippen molar-refractivity contribution in [3.8, 4) is 0 Å². The molecule has 9 nitrogen and oxygen atoms in total. The van der Waals surface area contributed by atoms with Gasteiger partial charge in [0, 0.05) is 30.0 Å². The molecule has 3 atom stereocenters. The quantitative estimate of drug-likeness (QED) is 0.439. The van der Waals surface area contributed by atoms with Crippen LogP contribution in [0.2, 0.25) is 0 Å². The van der Waals surface area contributed by atoms with Crippen LogP contribution in [0.1, 0.15) is 39.0 Å². The first-order valence-electron chi connectivity index (χ1n) is 10.2. The predicted molar refractivity (Wildman–Crippen MR) is 119 cm³/mol. The number of nitrogens with zero attached hydrogens (tertiary/aromatic N) is 1. The van der Waals surface area contributed by atoms with Crippen molar-refractivity contribution in [2.24, 2.45) is 5.73 Å². The second-order valence-corrected chi connectivity index (χ2v) is 9.15. The fourth-order valence-corrected chi connectivity index (χ4v) is 4.18. The molecule has 3 unspecified atom stereocenters. The summed E-state index contributed by atoms with van der Waals surface area (Å²) in [7, 11) is 0. The van der Waals surface area contributed by atoms with Gasteiger partial charge in [-0.05, 0) is 45.6 Å². The third-order valence-corrected chi connectivity index (χ3v) is 5.64. The van der Waals surface area contributed by atoms with Gasteiger partial charge in [-0.25, -0.2) is 4.79 Å². The van der Waals surface area contributed by atoms with Gasteiger partial charge in [0.1, 0.15) is 12.1 Å². The fourth-order valence-electron chi connectivity index (χ4n) is 3.43. The molecule has 5 N–H and O–H groups in total. The molecule has 1 saturated heterocycles. The first kappa shape index (κ1) is 24.4. The summed E-state index contributed by atoms with van der Waals surface area (Å²) < 4.78 is 0. The van der Waals surface area contributed by atoms with Gasteiger partial charge in [0.25, 0.3) is 0 Å². The van der Waals surface area contributed by atoms with Crippen LogP contribution in [-0.4, -0.2) is 59.4 Å². The Morgan fingerprint density at radius 2 is 1.97 bits per heavy atom. The molecule has 0 spiro atoms. The molecular formula is C21H31N5O4S. The maximum Gasteiger partial charge on any atom is 0.315 e. The van der Waals surface area contributed by atoms with Crippen molar-refractivity contribution in [1.82, 2.24) is 20.9 Å². The van der Waals surface area contributed by atoms with Crippen LogP contribution >= 0.6 is 11.3 Å². The lowest BCUT2D eigenvalue weighted by molar-refractivity contribution is -0.137. The van der Waals surface area contributed by atoms with Crippen molar-refractivity contribution in [2.45, 2.75) is 64.7 Å². The minimum atomic E-state index is -0.953. The highest BCUT2D eigenvalue weighted by molar-refractivity contribution is 7.09. The number of allylic oxidation sites excluding steroid dienone is 1. The van der Waals surface area contributed by atoms with Gasteiger partial charge in [-0.15, -0.1) is 11.3 Å². The fraction of sp³-hybridized carbons (Fsp3) is 0.524. The molecule has 0 radical (unpaired) electrons. The minimum absolute atomic E-state index is 0.0814. The number of urea groups is 1. The van der Waals surface area contributed by atoms with Crippen LogP contribution in [0.3, 0.4) is 0 Å². The van der Waals surface area contributed by atoms with Crippen molar-refractivity contribution in [2.75, 3.05) is 6.54 Å². The molecule has 1 aromatic rings. The Labute approximate surface area is 186 Å². The van der Waals surface area contributed by atoms with E-state index in [2.05, 4.69) is 16.0 Å². The second kappa shape index (κ2) is 10.9. The van der Waals surface area contributed by atoms with Crippen molar-refractivity contribution in [3.63, 3.8) is 0 Å². The summed E-state index contributed by atoms with van der Waals surface area (Å²) in [5, 5.41) is 10.1. The number of thiophene rings is 1. The number of likely N-dealkylation sites (tertiary alicyclic amines) is 1. The Hall–Kier alpha value is -2.88. The standard InChI is InChI=1S/C21H31N5O4S/c1-12(2)10-17(27)26-8-7-15(25-21(30)23-13(3)4)18(26)20(29)24-16(19(22)28)11-14-6-5-9-31-14/h5-6,9-10,13,15-16,18H,7-8,11H2,1-4H3,(H2,22,28)(H,24,29)(H2,23,25,30). The van der Waals surface area contributed by atoms with Crippen LogP contribution in [0.25, 0.3) is 0 Å². The SMILES string of the molecule is CC(C)=CC(=O)N1CCC(NC(=O)NC(C)C)C1C(=O)NC(Cc1cccs1)C(N)=O. The van der Waals surface area contributed by atoms with Gasteiger partial charge >= 0.3 is 6.03 Å². The van der Waals surface area contributed by atoms with Gasteiger partial charge in [-0.3, -0.25) is 14.4 Å². The average Bonchev–Trinajstić information content (AvgIpc) is 3.29. The minimum Gasteiger partial charge on any atom is -0.368 e. The third kappa shape index (κ3) is 7.09. The summed E-state index contributed by atoms with van der Waals surface area (Å²) in [6.45, 7) is 7.54. The summed E-state index contributed by atoms with van der Waals surface area (Å²) in [5.41, 5.74) is 6.31. The van der Waals surface area contributed by atoms with E-state index in [-0.39, 0.29) is 18.4 Å². The van der Waals surface area contributed by atoms with Crippen LogP contribution in [-0.2, 0) is 20.8 Å². The largest absolute Gasteiger partial charge is 0.368 e. The van der Waals surface area contributed by atoms with Gasteiger partial charge < -0.3 is 26.6 Å². The summed E-state index contributed by atoms with van der Waals surface area (Å²) in [6, 6.07) is 0.742. The van der Waals surface area contributed by atoms with E-state index in [0.29, 0.717) is 13.0 Å². The molecule has 1 aliphatic heterocycles. The van der Waals surface area contributed by atoms with Crippen LogP contribution in [0.15, 0.2) is 29.2 Å². The third-order valence-electron chi connectivity index (χ3n) is 4.74. The Morgan fingerprint density at radius 1 is 1.26 bits per heavy atom. The number of hydrogen-bond donors (Lipinski definition) is 4. The first-order valence-corrected chi connectivity index (χ1v) is 11.1. The molecule has 170 valence electrons. The molecule has 1 aliphatic rings. The van der Waals surface area contributed by atoms with Gasteiger partial charge in [-0.1, -0.05) is 11.6 Å². The van der Waals surface area contributed by atoms with E-state index in [9.17, 15) is 19.2 Å². The molecule has 1 fully saturated rings. The smallest absolute Gasteiger partial charge is 0.315 e. The van der Waals surface area contributed by atoms with Crippen molar-refractivity contribution < 1.29 is 19.2 Å². The zero-order valence-electron chi connectivity index (χ0n) is 18.3. The number of nitrogens with two attached hydrogens (primary N) is 1. The number of carbonyl (C=O) groups excluding carboxylic acids is 4. The van der Waals surface area contributed by atoms with E-state index in [1.807, 2.05) is 31.4 Å². The highest BCUT2D eigenvalue weighted by Gasteiger charge is 2.43. The van der Waals surface area contributed by atoms with Crippen LogP contribution in [0, 0.1) is 0 Å². The lowest BCUT2D eigenvalue weighted by Gasteiger charge is -2.29. The van der Waals surface area contributed by atoms with E-state index < -0.39 is 36.0 Å². The molecule has 31 heavy (non-hydrogen) atoms. The molecular weight excluding hydrogens is 418 g/mol. The molecule has 2 rings (SSSR count). The number of carbonyl (C=O) groups is 4. The number of rotatable bonds is 8. The maximum atomic E-state index is 13.2. The molecule has 10 heteroatoms. The van der Waals surface area contributed by atoms with Crippen LogP contribution in [0.5, 0.6) is 0 Å². The Bertz CT molecular complexity index is 833. The molecule has 0 aliphatic carbocycles. The highest BCUT2D eigenvalue weighted by atomic mass is 32.1. The number of primary amides is 1. The summed E-state index contributed by atoms with van der Waals surface area (Å²) >= 11 is 1.46. The molecule has 0 saturated carbocycles. The molecule has 0 aromatic carbocycles. The average molecular weight is 450 g/mol. The van der Waals surface area contributed by atoms with E-state index >= 15 is 0 Å². The van der Waals surface area contributed by atoms with Gasteiger partial charge in [0.2, 0.25) is 17.7 Å². The normalized spacial score (nSPS) is 18.9. The zero-order valence-corrected chi connectivity index (χ0v) is 19.1. The van der Waals surface area contributed by atoms with Crippen LogP contribution in [0.4, 0.5) is 4.79 Å². The monoisotopic (exact) mass is 449 g/mol. The predicted octanol–water partition coefficient (Wildman–Crippen LogP) is 0.904. The van der Waals surface area contributed by atoms with E-state index in [4.69, 9.17) is 5.73 Å². The Balaban J connectivity index is 2.22. The topological polar surface area (TPSA) is 134 Å². The Kier molecular flexibility index (Phi) is 8.61. The van der Waals surface area contributed by atoms with Crippen LogP contribution < -0.4 is 21.7 Å². The zero-order chi connectivity index (χ0) is 23.1. The maximum absolute atomic E-state index is 13.2. The van der Waals surface area contributed by atoms with Crippen molar-refractivity contribution >= 4 is 35.1 Å². The van der Waals surface area contributed by atoms with Crippen molar-refractivity contribution in [1.29, 1.82) is 0 Å². The number of nitrogens with one attached hydrogen (secondary N) is 3. The Morgan fingerprint density at radius 3 is 2.52 bits per heavy atom. The summed E-state index contributed by atoms with van der Waals surface area (Å²) in [6.07, 6.45) is 2.13. The van der Waals surface area contributed by atoms with E-state index in [0.717, 1.165) is 10.5 Å². The van der Waals surface area contributed by atoms with E-state index in [1.54, 1.807) is 13.8 Å². The summed E-state index contributed by atoms with van der Waals surface area (Å²) in [5.74, 6) is -1.50. The highest BCUT2D eigenvalue weighted by Crippen LogP contribution is 2.20. The lowest BCUT2D eigenvalue weighted by atomic mass is 10.1. The number of hydrogen-bond acceptors (Lipinski definition) is 5. The van der Waals surface area contributed by atoms with Gasteiger partial charge in [0.05, 0.1) is 6.04 Å². The molecule has 5 amide bonds. The van der Waals surface area contributed by atoms with E-state index in [1.165, 1.54) is 22.3 Å². The van der Waals surface area contributed by atoms with Gasteiger partial charge in [-0.2, -0.15) is 0 Å². The molecule has 1 aromatic heterocycles. The molecule has 0 bridgehead atoms. The molecule has 2 heterocycles. The number of amides is 5. The second-order valence-electron chi connectivity index (χ2n) is 8.11. The summed E-state index contributed by atoms with van der Waals surface area (Å²) in [4.78, 5) is 52.4. The first-order chi connectivity index (χ1) is 14.6.